The van der Waals surface area contributed by atoms with Crippen LogP contribution in [0.15, 0.2) is 16.6 Å². The first-order chi connectivity index (χ1) is 7.03. The molecule has 90 valence electrons. The second-order valence-corrected chi connectivity index (χ2v) is 8.35. The zero-order chi connectivity index (χ0) is 12.7. The van der Waals surface area contributed by atoms with Gasteiger partial charge in [-0.25, -0.2) is 0 Å². The molecule has 0 radical (unpaired) electrons. The molecule has 0 N–H and O–H groups in total. The van der Waals surface area contributed by atoms with Crippen LogP contribution >= 0.6 is 38.5 Å². The van der Waals surface area contributed by atoms with Crippen LogP contribution in [0.2, 0.25) is 0 Å². The third kappa shape index (κ3) is 3.22. The largest absolute Gasteiger partial charge is 0.0560 e. The van der Waals surface area contributed by atoms with Crippen molar-refractivity contribution in [3.8, 4) is 0 Å². The summed E-state index contributed by atoms with van der Waals surface area (Å²) in [6, 6.07) is 4.56. The molecule has 2 heteroatoms. The lowest BCUT2D eigenvalue weighted by atomic mass is 9.81. The standard InChI is InChI=1S/C14H20BrI/c1-13(2,3)10-7-9(16)8-11(12(10)15)14(4,5)6/h7-8H,1-6H3. The number of halogens is 2. The fourth-order valence-electron chi connectivity index (χ4n) is 1.68. The minimum absolute atomic E-state index is 0.181. The first-order valence-corrected chi connectivity index (χ1v) is 7.40. The van der Waals surface area contributed by atoms with Crippen molar-refractivity contribution in [1.29, 1.82) is 0 Å². The van der Waals surface area contributed by atoms with Gasteiger partial charge in [0.15, 0.2) is 0 Å². The molecule has 0 saturated heterocycles. The Bertz CT molecular complexity index is 359. The van der Waals surface area contributed by atoms with E-state index in [0.717, 1.165) is 0 Å². The van der Waals surface area contributed by atoms with Crippen molar-refractivity contribution < 1.29 is 0 Å². The highest BCUT2D eigenvalue weighted by Crippen LogP contribution is 2.38. The van der Waals surface area contributed by atoms with Gasteiger partial charge < -0.3 is 0 Å². The first kappa shape index (κ1) is 14.5. The Hall–Kier alpha value is 0.430. The smallest absolute Gasteiger partial charge is 0.0250 e. The van der Waals surface area contributed by atoms with Gasteiger partial charge in [0.25, 0.3) is 0 Å². The summed E-state index contributed by atoms with van der Waals surface area (Å²) in [5, 5.41) is 0. The number of hydrogen-bond donors (Lipinski definition) is 0. The van der Waals surface area contributed by atoms with E-state index in [-0.39, 0.29) is 10.8 Å². The van der Waals surface area contributed by atoms with Crippen molar-refractivity contribution in [3.05, 3.63) is 31.3 Å². The van der Waals surface area contributed by atoms with Gasteiger partial charge in [-0.15, -0.1) is 0 Å². The predicted molar refractivity (Wildman–Crippen MR) is 84.3 cm³/mol. The summed E-state index contributed by atoms with van der Waals surface area (Å²) in [5.74, 6) is 0. The summed E-state index contributed by atoms with van der Waals surface area (Å²) >= 11 is 6.19. The maximum Gasteiger partial charge on any atom is 0.0250 e. The van der Waals surface area contributed by atoms with Crippen molar-refractivity contribution >= 4 is 38.5 Å². The fourth-order valence-corrected chi connectivity index (χ4v) is 3.72. The molecule has 0 amide bonds. The van der Waals surface area contributed by atoms with E-state index >= 15 is 0 Å². The fraction of sp³-hybridized carbons (Fsp3) is 0.571. The molecule has 1 aromatic carbocycles. The lowest BCUT2D eigenvalue weighted by Crippen LogP contribution is -2.18. The van der Waals surface area contributed by atoms with Gasteiger partial charge in [-0.3, -0.25) is 0 Å². The summed E-state index contributed by atoms with van der Waals surface area (Å²) in [6.45, 7) is 13.6. The van der Waals surface area contributed by atoms with Crippen molar-refractivity contribution in [2.24, 2.45) is 0 Å². The van der Waals surface area contributed by atoms with Crippen molar-refractivity contribution in [3.63, 3.8) is 0 Å². The molecule has 1 rings (SSSR count). The molecule has 0 unspecified atom stereocenters. The molecule has 0 atom stereocenters. The van der Waals surface area contributed by atoms with E-state index in [4.69, 9.17) is 0 Å². The van der Waals surface area contributed by atoms with E-state index in [0.29, 0.717) is 0 Å². The first-order valence-electron chi connectivity index (χ1n) is 5.53. The van der Waals surface area contributed by atoms with Crippen LogP contribution in [0.1, 0.15) is 52.7 Å². The molecule has 0 spiro atoms. The summed E-state index contributed by atoms with van der Waals surface area (Å²) in [5.41, 5.74) is 3.15. The zero-order valence-corrected chi connectivity index (χ0v) is 14.7. The second-order valence-electron chi connectivity index (χ2n) is 6.31. The van der Waals surface area contributed by atoms with E-state index in [1.54, 1.807) is 0 Å². The van der Waals surface area contributed by atoms with Crippen LogP contribution in [-0.2, 0) is 10.8 Å². The molecule has 0 bridgehead atoms. The molecular formula is C14H20BrI. The Morgan fingerprint density at radius 2 is 1.19 bits per heavy atom. The van der Waals surface area contributed by atoms with Crippen LogP contribution in [0.25, 0.3) is 0 Å². The molecule has 0 heterocycles. The SMILES string of the molecule is CC(C)(C)c1cc(I)cc(C(C)(C)C)c1Br. The minimum atomic E-state index is 0.181. The molecule has 1 aromatic rings. The molecule has 0 fully saturated rings. The molecule has 0 aliphatic carbocycles. The third-order valence-electron chi connectivity index (χ3n) is 2.65. The van der Waals surface area contributed by atoms with Crippen LogP contribution < -0.4 is 0 Å². The number of hydrogen-bond acceptors (Lipinski definition) is 0. The average molecular weight is 395 g/mol. The summed E-state index contributed by atoms with van der Waals surface area (Å²) < 4.78 is 2.59. The Kier molecular flexibility index (Phi) is 4.17. The summed E-state index contributed by atoms with van der Waals surface area (Å²) in [7, 11) is 0. The van der Waals surface area contributed by atoms with E-state index < -0.39 is 0 Å². The lowest BCUT2D eigenvalue weighted by molar-refractivity contribution is 0.562. The van der Waals surface area contributed by atoms with Crippen molar-refractivity contribution in [1.82, 2.24) is 0 Å². The van der Waals surface area contributed by atoms with Gasteiger partial charge in [-0.2, -0.15) is 0 Å². The van der Waals surface area contributed by atoms with Crippen LogP contribution in [0.4, 0.5) is 0 Å². The highest BCUT2D eigenvalue weighted by Gasteiger charge is 2.24. The topological polar surface area (TPSA) is 0 Å². The highest BCUT2D eigenvalue weighted by atomic mass is 127. The number of rotatable bonds is 0. The van der Waals surface area contributed by atoms with Gasteiger partial charge in [0, 0.05) is 8.04 Å². The van der Waals surface area contributed by atoms with Gasteiger partial charge in [0.1, 0.15) is 0 Å². The van der Waals surface area contributed by atoms with E-state index in [2.05, 4.69) is 92.2 Å². The van der Waals surface area contributed by atoms with Gasteiger partial charge >= 0.3 is 0 Å². The Morgan fingerprint density at radius 3 is 1.44 bits per heavy atom. The highest BCUT2D eigenvalue weighted by molar-refractivity contribution is 14.1. The Labute approximate surface area is 121 Å². The maximum atomic E-state index is 3.78. The average Bonchev–Trinajstić information content (AvgIpc) is 2.04. The Balaban J connectivity index is 3.51. The Morgan fingerprint density at radius 1 is 0.875 bits per heavy atom. The lowest BCUT2D eigenvalue weighted by Gasteiger charge is -2.28. The zero-order valence-electron chi connectivity index (χ0n) is 10.9. The van der Waals surface area contributed by atoms with Gasteiger partial charge in [0.05, 0.1) is 0 Å². The van der Waals surface area contributed by atoms with Gasteiger partial charge in [-0.05, 0) is 56.7 Å². The van der Waals surface area contributed by atoms with Gasteiger partial charge in [-0.1, -0.05) is 57.5 Å². The van der Waals surface area contributed by atoms with Crippen molar-refractivity contribution in [2.75, 3.05) is 0 Å². The van der Waals surface area contributed by atoms with Gasteiger partial charge in [0.2, 0.25) is 0 Å². The summed E-state index contributed by atoms with van der Waals surface area (Å²) in [6.07, 6.45) is 0. The molecule has 0 saturated carbocycles. The van der Waals surface area contributed by atoms with Crippen LogP contribution in [0, 0.1) is 3.57 Å². The molecule has 0 aromatic heterocycles. The molecule has 0 aliphatic rings. The summed E-state index contributed by atoms with van der Waals surface area (Å²) in [4.78, 5) is 0. The normalized spacial score (nSPS) is 13.0. The maximum absolute atomic E-state index is 3.78. The third-order valence-corrected chi connectivity index (χ3v) is 4.13. The van der Waals surface area contributed by atoms with Crippen molar-refractivity contribution in [2.45, 2.75) is 52.4 Å². The van der Waals surface area contributed by atoms with Crippen LogP contribution in [-0.4, -0.2) is 0 Å². The van der Waals surface area contributed by atoms with Crippen LogP contribution in [0.5, 0.6) is 0 Å². The number of benzene rings is 1. The molecule has 16 heavy (non-hydrogen) atoms. The molecule has 0 nitrogen and oxygen atoms in total. The molecule has 0 aliphatic heterocycles. The minimum Gasteiger partial charge on any atom is -0.0560 e. The predicted octanol–water partition coefficient (Wildman–Crippen LogP) is 5.65. The van der Waals surface area contributed by atoms with E-state index in [1.165, 1.54) is 19.2 Å². The second kappa shape index (κ2) is 4.60. The quantitative estimate of drug-likeness (QED) is 0.499. The van der Waals surface area contributed by atoms with E-state index in [9.17, 15) is 0 Å². The molecular weight excluding hydrogens is 375 g/mol. The van der Waals surface area contributed by atoms with Crippen LogP contribution in [0.3, 0.4) is 0 Å². The van der Waals surface area contributed by atoms with E-state index in [1.807, 2.05) is 0 Å². The monoisotopic (exact) mass is 394 g/mol.